The third-order valence-electron chi connectivity index (χ3n) is 5.74. The van der Waals surface area contributed by atoms with Gasteiger partial charge in [0.2, 0.25) is 0 Å². The van der Waals surface area contributed by atoms with Crippen molar-refractivity contribution in [2.75, 3.05) is 11.5 Å². The molecule has 0 fully saturated rings. The van der Waals surface area contributed by atoms with E-state index in [4.69, 9.17) is 20.9 Å². The van der Waals surface area contributed by atoms with Crippen molar-refractivity contribution in [2.45, 2.75) is 16.2 Å². The molecule has 0 bridgehead atoms. The average molecular weight is 541 g/mol. The minimum absolute atomic E-state index is 0.133. The van der Waals surface area contributed by atoms with Crippen LogP contribution in [0.25, 0.3) is 11.1 Å². The molecule has 0 aromatic heterocycles. The maximum atomic E-state index is 12.2. The Morgan fingerprint density at radius 3 is 1.38 bits per heavy atom. The van der Waals surface area contributed by atoms with Crippen LogP contribution in [-0.4, -0.2) is 25.9 Å². The summed E-state index contributed by atoms with van der Waals surface area (Å²) >= 11 is 0. The summed E-state index contributed by atoms with van der Waals surface area (Å²) in [5.41, 5.74) is 14.2. The first-order valence-electron chi connectivity index (χ1n) is 10.7. The normalized spacial score (nSPS) is 12.6. The van der Waals surface area contributed by atoms with Crippen LogP contribution in [0.3, 0.4) is 0 Å². The van der Waals surface area contributed by atoms with Gasteiger partial charge in [0.05, 0.1) is 0 Å². The van der Waals surface area contributed by atoms with Crippen LogP contribution in [0.15, 0.2) is 82.6 Å². The number of nitrogens with two attached hydrogens (primary N) is 2. The van der Waals surface area contributed by atoms with Gasteiger partial charge in [-0.05, 0) is 77.2 Å². The van der Waals surface area contributed by atoms with E-state index in [9.17, 15) is 25.9 Å². The molecule has 12 heteroatoms. The number of anilines is 2. The van der Waals surface area contributed by atoms with E-state index < -0.39 is 30.0 Å². The van der Waals surface area contributed by atoms with Crippen LogP contribution >= 0.6 is 0 Å². The van der Waals surface area contributed by atoms with Crippen molar-refractivity contribution in [2.24, 2.45) is 0 Å². The van der Waals surface area contributed by atoms with Crippen LogP contribution in [0.1, 0.15) is 11.1 Å². The van der Waals surface area contributed by atoms with Gasteiger partial charge in [-0.2, -0.15) is 16.8 Å². The Bertz CT molecular complexity index is 1650. The van der Waals surface area contributed by atoms with E-state index in [1.54, 1.807) is 36.4 Å². The molecule has 5 rings (SSSR count). The van der Waals surface area contributed by atoms with Gasteiger partial charge >= 0.3 is 0 Å². The van der Waals surface area contributed by atoms with Crippen LogP contribution in [0.4, 0.5) is 11.4 Å². The maximum Gasteiger partial charge on any atom is 0.298 e. The topological polar surface area (TPSA) is 179 Å². The molecule has 0 saturated heterocycles. The molecular weight excluding hydrogens is 520 g/mol. The zero-order chi connectivity index (χ0) is 26.5. The first-order chi connectivity index (χ1) is 17.4. The number of nitrogen functional groups attached to an aromatic ring is 2. The molecule has 0 unspecified atom stereocenters. The highest BCUT2D eigenvalue weighted by Gasteiger charge is 2.29. The van der Waals surface area contributed by atoms with Crippen LogP contribution in [0.2, 0.25) is 0 Å². The molecule has 0 radical (unpaired) electrons. The molecule has 10 nitrogen and oxygen atoms in total. The molecule has 190 valence electrons. The lowest BCUT2D eigenvalue weighted by atomic mass is 10.1. The van der Waals surface area contributed by atoms with Crippen molar-refractivity contribution in [3.05, 3.63) is 83.9 Å². The van der Waals surface area contributed by atoms with E-state index in [-0.39, 0.29) is 29.4 Å². The number of hydrogen-bond donors (Lipinski definition) is 4. The van der Waals surface area contributed by atoms with E-state index in [1.807, 2.05) is 0 Å². The predicted octanol–water partition coefficient (Wildman–Crippen LogP) is 4.50. The maximum absolute atomic E-state index is 12.2. The summed E-state index contributed by atoms with van der Waals surface area (Å²) in [5, 5.41) is 0. The SMILES string of the molecule is Nc1cccc(Oc2cc3c(cc2S(=O)(=O)O)-c2cc(S(=O)(=O)O)c(Oc4cccc(N)c4)cc2C3)c1. The summed E-state index contributed by atoms with van der Waals surface area (Å²) in [4.78, 5) is -1.04. The predicted molar refractivity (Wildman–Crippen MR) is 136 cm³/mol. The van der Waals surface area contributed by atoms with Crippen LogP contribution < -0.4 is 20.9 Å². The quantitative estimate of drug-likeness (QED) is 0.177. The molecule has 0 atom stereocenters. The zero-order valence-electron chi connectivity index (χ0n) is 19.0. The van der Waals surface area contributed by atoms with E-state index in [2.05, 4.69) is 0 Å². The Balaban J connectivity index is 1.64. The van der Waals surface area contributed by atoms with Crippen molar-refractivity contribution in [3.63, 3.8) is 0 Å². The number of rotatable bonds is 6. The van der Waals surface area contributed by atoms with E-state index in [0.717, 1.165) is 0 Å². The van der Waals surface area contributed by atoms with Crippen molar-refractivity contribution < 1.29 is 35.4 Å². The second-order valence-corrected chi connectivity index (χ2v) is 11.2. The third-order valence-corrected chi connectivity index (χ3v) is 7.49. The molecular formula is C25H20N2O8S2. The van der Waals surface area contributed by atoms with Gasteiger partial charge in [-0.25, -0.2) is 0 Å². The number of benzene rings is 4. The summed E-state index contributed by atoms with van der Waals surface area (Å²) < 4.78 is 80.2. The minimum atomic E-state index is -4.74. The largest absolute Gasteiger partial charge is 0.456 e. The minimum Gasteiger partial charge on any atom is -0.456 e. The molecule has 0 amide bonds. The van der Waals surface area contributed by atoms with Gasteiger partial charge in [0.15, 0.2) is 0 Å². The average Bonchev–Trinajstić information content (AvgIpc) is 3.13. The molecule has 1 aliphatic rings. The van der Waals surface area contributed by atoms with E-state index in [1.165, 1.54) is 36.4 Å². The van der Waals surface area contributed by atoms with Gasteiger partial charge in [-0.15, -0.1) is 0 Å². The van der Waals surface area contributed by atoms with Gasteiger partial charge in [-0.1, -0.05) is 12.1 Å². The van der Waals surface area contributed by atoms with Crippen LogP contribution in [0, 0.1) is 0 Å². The van der Waals surface area contributed by atoms with Crippen LogP contribution in [0.5, 0.6) is 23.0 Å². The van der Waals surface area contributed by atoms with Gasteiger partial charge in [-0.3, -0.25) is 9.11 Å². The first kappa shape index (κ1) is 24.6. The highest BCUT2D eigenvalue weighted by molar-refractivity contribution is 7.86. The highest BCUT2D eigenvalue weighted by Crippen LogP contribution is 2.46. The molecule has 37 heavy (non-hydrogen) atoms. The smallest absolute Gasteiger partial charge is 0.298 e. The summed E-state index contributed by atoms with van der Waals surface area (Å²) in [5.74, 6) is 0.246. The van der Waals surface area contributed by atoms with E-state index >= 15 is 0 Å². The fourth-order valence-electron chi connectivity index (χ4n) is 4.18. The van der Waals surface area contributed by atoms with Gasteiger partial charge < -0.3 is 20.9 Å². The number of fused-ring (bicyclic) bond motifs is 3. The second-order valence-electron chi connectivity index (χ2n) is 8.39. The number of hydrogen-bond acceptors (Lipinski definition) is 8. The van der Waals surface area contributed by atoms with Gasteiger partial charge in [0.1, 0.15) is 32.8 Å². The number of ether oxygens (including phenoxy) is 2. The molecule has 4 aromatic rings. The molecule has 1 aliphatic carbocycles. The lowest BCUT2D eigenvalue weighted by Gasteiger charge is -2.14. The summed E-state index contributed by atoms with van der Waals surface area (Å²) in [6, 6.07) is 17.9. The van der Waals surface area contributed by atoms with Crippen LogP contribution in [-0.2, 0) is 26.7 Å². The van der Waals surface area contributed by atoms with Crippen molar-refractivity contribution in [1.29, 1.82) is 0 Å². The van der Waals surface area contributed by atoms with Crippen molar-refractivity contribution in [3.8, 4) is 34.1 Å². The molecule has 0 aliphatic heterocycles. The molecule has 0 spiro atoms. The monoisotopic (exact) mass is 540 g/mol. The molecule has 6 N–H and O–H groups in total. The Labute approximate surface area is 212 Å². The Hall–Kier alpha value is -4.10. The Morgan fingerprint density at radius 2 is 1.03 bits per heavy atom. The lowest BCUT2D eigenvalue weighted by molar-refractivity contribution is 0.448. The standard InChI is InChI=1S/C25H20N2O8S2/c26-16-3-1-5-18(10-16)34-22-8-14-7-15-9-23(35-19-6-2-4-17(27)11-19)25(37(31,32)33)13-21(15)20(14)12-24(22)36(28,29)30/h1-6,8-13H,7,26-27H2,(H,28,29,30)(H,31,32,33). The lowest BCUT2D eigenvalue weighted by Crippen LogP contribution is -2.03. The molecule has 4 aromatic carbocycles. The van der Waals surface area contributed by atoms with E-state index in [0.29, 0.717) is 33.6 Å². The fourth-order valence-corrected chi connectivity index (χ4v) is 5.42. The first-order valence-corrected chi connectivity index (χ1v) is 13.6. The molecule has 0 saturated carbocycles. The summed E-state index contributed by atoms with van der Waals surface area (Å²) in [6.45, 7) is 0. The van der Waals surface area contributed by atoms with Gasteiger partial charge in [0, 0.05) is 23.5 Å². The van der Waals surface area contributed by atoms with Gasteiger partial charge in [0.25, 0.3) is 20.2 Å². The fraction of sp³-hybridized carbons (Fsp3) is 0.0400. The third kappa shape index (κ3) is 4.95. The highest BCUT2D eigenvalue weighted by atomic mass is 32.2. The Kier molecular flexibility index (Phi) is 5.83. The summed E-state index contributed by atoms with van der Waals surface area (Å²) in [7, 11) is -9.48. The Morgan fingerprint density at radius 1 is 0.622 bits per heavy atom. The molecule has 0 heterocycles. The zero-order valence-corrected chi connectivity index (χ0v) is 20.6. The van der Waals surface area contributed by atoms with Crippen molar-refractivity contribution in [1.82, 2.24) is 0 Å². The summed E-state index contributed by atoms with van der Waals surface area (Å²) in [6.07, 6.45) is 0.267. The second kappa shape index (κ2) is 8.78. The van der Waals surface area contributed by atoms with Crippen molar-refractivity contribution >= 4 is 31.6 Å².